The Labute approximate surface area is 250 Å². The van der Waals surface area contributed by atoms with Gasteiger partial charge in [0.1, 0.15) is 37.1 Å². The fourth-order valence-corrected chi connectivity index (χ4v) is 5.07. The lowest BCUT2D eigenvalue weighted by atomic mass is 9.93. The minimum Gasteiger partial charge on any atom is -0.508 e. The largest absolute Gasteiger partial charge is 0.508 e. The lowest BCUT2D eigenvalue weighted by Crippen LogP contribution is -2.30. The molecular formula is C36H32O7. The smallest absolute Gasteiger partial charge is 0.203 e. The van der Waals surface area contributed by atoms with E-state index in [4.69, 9.17) is 18.9 Å². The van der Waals surface area contributed by atoms with Crippen LogP contribution in [0.2, 0.25) is 0 Å². The van der Waals surface area contributed by atoms with E-state index in [-0.39, 0.29) is 37.7 Å². The molecule has 5 aromatic rings. The van der Waals surface area contributed by atoms with Crippen LogP contribution in [0.4, 0.5) is 0 Å². The molecule has 0 aliphatic carbocycles. The molecule has 6 rings (SSSR count). The summed E-state index contributed by atoms with van der Waals surface area (Å²) in [6.07, 6.45) is -1.67. The Bertz CT molecular complexity index is 1590. The summed E-state index contributed by atoms with van der Waals surface area (Å²) in [6, 6.07) is 35.7. The fraction of sp³-hybridized carbons (Fsp3) is 0.167. The van der Waals surface area contributed by atoms with Gasteiger partial charge in [0.25, 0.3) is 0 Å². The fourth-order valence-electron chi connectivity index (χ4n) is 5.07. The van der Waals surface area contributed by atoms with Crippen molar-refractivity contribution < 1.29 is 34.3 Å². The molecule has 5 aromatic carbocycles. The van der Waals surface area contributed by atoms with Crippen molar-refractivity contribution in [2.24, 2.45) is 0 Å². The van der Waals surface area contributed by atoms with Crippen LogP contribution in [0.25, 0.3) is 0 Å². The molecule has 0 bridgehead atoms. The number of ether oxygens (including phenoxy) is 4. The van der Waals surface area contributed by atoms with Gasteiger partial charge in [0.2, 0.25) is 5.75 Å². The van der Waals surface area contributed by atoms with E-state index in [1.54, 1.807) is 12.1 Å². The normalized spacial score (nSPS) is 15.7. The van der Waals surface area contributed by atoms with Crippen molar-refractivity contribution in [3.8, 4) is 34.5 Å². The Kier molecular flexibility index (Phi) is 8.33. The maximum absolute atomic E-state index is 11.2. The summed E-state index contributed by atoms with van der Waals surface area (Å²) in [5.74, 6) is 1.34. The molecule has 0 aromatic heterocycles. The highest BCUT2D eigenvalue weighted by atomic mass is 16.5. The van der Waals surface area contributed by atoms with Gasteiger partial charge >= 0.3 is 0 Å². The highest BCUT2D eigenvalue weighted by Crippen LogP contribution is 2.46. The maximum atomic E-state index is 11.2. The monoisotopic (exact) mass is 576 g/mol. The first-order valence-corrected chi connectivity index (χ1v) is 14.1. The predicted octanol–water partition coefficient (Wildman–Crippen LogP) is 6.87. The van der Waals surface area contributed by atoms with Crippen LogP contribution in [0.15, 0.2) is 115 Å². The van der Waals surface area contributed by atoms with Gasteiger partial charge in [-0.1, -0.05) is 91.0 Å². The first kappa shape index (κ1) is 28.0. The Balaban J connectivity index is 1.39. The van der Waals surface area contributed by atoms with Crippen molar-refractivity contribution in [2.45, 2.75) is 38.4 Å². The molecule has 218 valence electrons. The van der Waals surface area contributed by atoms with Crippen molar-refractivity contribution in [1.82, 2.24) is 0 Å². The third-order valence-corrected chi connectivity index (χ3v) is 7.26. The number of aromatic hydroxyl groups is 2. The van der Waals surface area contributed by atoms with Crippen molar-refractivity contribution in [2.75, 3.05) is 0 Å². The van der Waals surface area contributed by atoms with Crippen LogP contribution in [-0.2, 0) is 26.2 Å². The van der Waals surface area contributed by atoms with Gasteiger partial charge in [0.05, 0.1) is 6.10 Å². The zero-order valence-electron chi connectivity index (χ0n) is 23.4. The molecule has 43 heavy (non-hydrogen) atoms. The van der Waals surface area contributed by atoms with E-state index in [1.807, 2.05) is 91.0 Å². The zero-order valence-corrected chi connectivity index (χ0v) is 23.4. The standard InChI is InChI=1S/C36H32O7/c37-28-18-30(38)29-20-31(39)35(43-32(29)19-28)27-16-33(40-21-24-10-4-1-5-11-24)36(42-23-26-14-8-3-9-15-26)34(17-27)41-22-25-12-6-2-7-13-25/h1-19,31,35,37-39H,20-23H2. The van der Waals surface area contributed by atoms with E-state index in [9.17, 15) is 15.3 Å². The van der Waals surface area contributed by atoms with Crippen LogP contribution in [0.3, 0.4) is 0 Å². The van der Waals surface area contributed by atoms with Crippen LogP contribution in [-0.4, -0.2) is 21.4 Å². The first-order valence-electron chi connectivity index (χ1n) is 14.1. The van der Waals surface area contributed by atoms with Crippen LogP contribution in [0.1, 0.15) is 33.9 Å². The van der Waals surface area contributed by atoms with E-state index in [0.717, 1.165) is 16.7 Å². The number of phenolic OH excluding ortho intramolecular Hbond substituents is 2. The third kappa shape index (κ3) is 6.68. The van der Waals surface area contributed by atoms with Gasteiger partial charge in [-0.2, -0.15) is 0 Å². The minimum atomic E-state index is -0.983. The number of benzene rings is 5. The number of rotatable bonds is 10. The van der Waals surface area contributed by atoms with Gasteiger partial charge < -0.3 is 34.3 Å². The van der Waals surface area contributed by atoms with Crippen LogP contribution in [0.5, 0.6) is 34.5 Å². The Morgan fingerprint density at radius 3 is 1.63 bits per heavy atom. The summed E-state index contributed by atoms with van der Waals surface area (Å²) in [7, 11) is 0. The summed E-state index contributed by atoms with van der Waals surface area (Å²) in [5, 5.41) is 31.6. The Hall–Kier alpha value is -5.14. The molecule has 1 heterocycles. The molecule has 1 aliphatic heterocycles. The second-order valence-electron chi connectivity index (χ2n) is 10.4. The van der Waals surface area contributed by atoms with Gasteiger partial charge in [-0.25, -0.2) is 0 Å². The molecule has 0 fully saturated rings. The van der Waals surface area contributed by atoms with Crippen molar-refractivity contribution >= 4 is 0 Å². The van der Waals surface area contributed by atoms with Crippen molar-refractivity contribution in [3.63, 3.8) is 0 Å². The van der Waals surface area contributed by atoms with Gasteiger partial charge in [0.15, 0.2) is 17.6 Å². The van der Waals surface area contributed by atoms with E-state index >= 15 is 0 Å². The number of fused-ring (bicyclic) bond motifs is 1. The Morgan fingerprint density at radius 2 is 1.12 bits per heavy atom. The predicted molar refractivity (Wildman–Crippen MR) is 162 cm³/mol. The zero-order chi connectivity index (χ0) is 29.6. The quantitative estimate of drug-likeness (QED) is 0.167. The highest BCUT2D eigenvalue weighted by molar-refractivity contribution is 5.56. The molecule has 2 unspecified atom stereocenters. The maximum Gasteiger partial charge on any atom is 0.203 e. The number of hydrogen-bond acceptors (Lipinski definition) is 7. The summed E-state index contributed by atoms with van der Waals surface area (Å²) >= 11 is 0. The topological polar surface area (TPSA) is 97.6 Å². The number of aliphatic hydroxyl groups excluding tert-OH is 1. The SMILES string of the molecule is Oc1cc(O)c2c(c1)OC(c1cc(OCc3ccccc3)c(OCc3ccccc3)c(OCc3ccccc3)c1)C(O)C2. The van der Waals surface area contributed by atoms with Crippen LogP contribution < -0.4 is 18.9 Å². The lowest BCUT2D eigenvalue weighted by molar-refractivity contribution is 0.0194. The van der Waals surface area contributed by atoms with Crippen molar-refractivity contribution in [3.05, 3.63) is 143 Å². The molecule has 0 saturated heterocycles. The summed E-state index contributed by atoms with van der Waals surface area (Å²) in [6.45, 7) is 0.851. The van der Waals surface area contributed by atoms with Crippen LogP contribution >= 0.6 is 0 Å². The molecule has 2 atom stereocenters. The second-order valence-corrected chi connectivity index (χ2v) is 10.4. The number of hydrogen-bond donors (Lipinski definition) is 3. The van der Waals surface area contributed by atoms with E-state index in [0.29, 0.717) is 34.1 Å². The molecule has 0 amide bonds. The van der Waals surface area contributed by atoms with E-state index in [1.165, 1.54) is 12.1 Å². The molecule has 1 aliphatic rings. The number of phenols is 2. The first-order chi connectivity index (χ1) is 21.0. The molecule has 3 N–H and O–H groups in total. The average molecular weight is 577 g/mol. The highest BCUT2D eigenvalue weighted by Gasteiger charge is 2.34. The van der Waals surface area contributed by atoms with Gasteiger partial charge in [-0.3, -0.25) is 0 Å². The molecule has 0 spiro atoms. The molecular weight excluding hydrogens is 544 g/mol. The van der Waals surface area contributed by atoms with Crippen molar-refractivity contribution in [1.29, 1.82) is 0 Å². The van der Waals surface area contributed by atoms with Gasteiger partial charge in [-0.05, 0) is 28.8 Å². The summed E-state index contributed by atoms with van der Waals surface area (Å²) in [5.41, 5.74) is 3.96. The van der Waals surface area contributed by atoms with E-state index in [2.05, 4.69) is 0 Å². The van der Waals surface area contributed by atoms with Gasteiger partial charge in [-0.15, -0.1) is 0 Å². The molecule has 0 radical (unpaired) electrons. The van der Waals surface area contributed by atoms with Gasteiger partial charge in [0, 0.05) is 29.7 Å². The summed E-state index contributed by atoms with van der Waals surface area (Å²) < 4.78 is 25.3. The molecule has 7 heteroatoms. The third-order valence-electron chi connectivity index (χ3n) is 7.26. The Morgan fingerprint density at radius 1 is 0.628 bits per heavy atom. The summed E-state index contributed by atoms with van der Waals surface area (Å²) in [4.78, 5) is 0. The second kappa shape index (κ2) is 12.8. The average Bonchev–Trinajstić information content (AvgIpc) is 3.03. The lowest BCUT2D eigenvalue weighted by Gasteiger charge is -2.32. The molecule has 7 nitrogen and oxygen atoms in total. The molecule has 0 saturated carbocycles. The number of aliphatic hydroxyl groups is 1. The minimum absolute atomic E-state index is 0.129. The van der Waals surface area contributed by atoms with Crippen LogP contribution in [0, 0.1) is 0 Å². The van der Waals surface area contributed by atoms with E-state index < -0.39 is 12.2 Å².